The van der Waals surface area contributed by atoms with Crippen LogP contribution in [0, 0.1) is 17.1 Å². The molecule has 0 atom stereocenters. The minimum Gasteiger partial charge on any atom is -0.302 e. The van der Waals surface area contributed by atoms with Crippen LogP contribution in [0.2, 0.25) is 0 Å². The summed E-state index contributed by atoms with van der Waals surface area (Å²) in [5.74, 6) is -0.270. The fraction of sp³-hybridized carbons (Fsp3) is 0.250. The Bertz CT molecular complexity index is 605. The molecule has 1 aromatic carbocycles. The zero-order valence-corrected chi connectivity index (χ0v) is 11.4. The third kappa shape index (κ3) is 3.87. The summed E-state index contributed by atoms with van der Waals surface area (Å²) in [5.41, 5.74) is 2.05. The second-order valence-electron chi connectivity index (χ2n) is 4.73. The Balaban J connectivity index is 1.95. The van der Waals surface area contributed by atoms with E-state index in [-0.39, 0.29) is 5.82 Å². The molecule has 1 aromatic heterocycles. The van der Waals surface area contributed by atoms with E-state index in [9.17, 15) is 4.39 Å². The summed E-state index contributed by atoms with van der Waals surface area (Å²) in [7, 11) is 1.93. The Kier molecular flexibility index (Phi) is 4.80. The average Bonchev–Trinajstić information content (AvgIpc) is 2.48. The van der Waals surface area contributed by atoms with Gasteiger partial charge in [0.25, 0.3) is 0 Å². The van der Waals surface area contributed by atoms with Gasteiger partial charge in [-0.05, 0) is 37.4 Å². The Morgan fingerprint density at radius 2 is 2.15 bits per heavy atom. The third-order valence-corrected chi connectivity index (χ3v) is 3.09. The van der Waals surface area contributed by atoms with Gasteiger partial charge in [-0.3, -0.25) is 4.98 Å². The zero-order valence-electron chi connectivity index (χ0n) is 11.4. The van der Waals surface area contributed by atoms with Gasteiger partial charge in [-0.25, -0.2) is 4.39 Å². The summed E-state index contributed by atoms with van der Waals surface area (Å²) in [4.78, 5) is 6.28. The molecule has 0 fully saturated rings. The van der Waals surface area contributed by atoms with Crippen molar-refractivity contribution in [1.29, 1.82) is 5.26 Å². The molecule has 0 unspecified atom stereocenters. The van der Waals surface area contributed by atoms with Crippen LogP contribution in [0.1, 0.15) is 16.8 Å². The molecule has 0 saturated heterocycles. The first-order valence-electron chi connectivity index (χ1n) is 6.46. The fourth-order valence-corrected chi connectivity index (χ4v) is 1.99. The van der Waals surface area contributed by atoms with E-state index in [0.717, 1.165) is 18.7 Å². The molecule has 0 aliphatic heterocycles. The number of nitriles is 1. The maximum absolute atomic E-state index is 13.7. The SMILES string of the molecule is CN(CCc1ccccn1)Cc1cc(C#N)ccc1F. The monoisotopic (exact) mass is 269 g/mol. The highest BCUT2D eigenvalue weighted by molar-refractivity contribution is 5.33. The van der Waals surface area contributed by atoms with Crippen LogP contribution < -0.4 is 0 Å². The number of halogens is 1. The first-order chi connectivity index (χ1) is 9.69. The molecule has 0 spiro atoms. The van der Waals surface area contributed by atoms with Gasteiger partial charge in [0, 0.05) is 37.0 Å². The van der Waals surface area contributed by atoms with Crippen molar-refractivity contribution in [1.82, 2.24) is 9.88 Å². The molecule has 0 amide bonds. The van der Waals surface area contributed by atoms with Crippen LogP contribution in [0.4, 0.5) is 4.39 Å². The predicted molar refractivity (Wildman–Crippen MR) is 75.4 cm³/mol. The maximum atomic E-state index is 13.7. The molecule has 0 N–H and O–H groups in total. The first-order valence-corrected chi connectivity index (χ1v) is 6.46. The predicted octanol–water partition coefficient (Wildman–Crippen LogP) is 2.77. The zero-order chi connectivity index (χ0) is 14.4. The fourth-order valence-electron chi connectivity index (χ4n) is 1.99. The lowest BCUT2D eigenvalue weighted by Crippen LogP contribution is -2.21. The van der Waals surface area contributed by atoms with Gasteiger partial charge in [0.05, 0.1) is 11.6 Å². The van der Waals surface area contributed by atoms with E-state index < -0.39 is 0 Å². The number of hydrogen-bond acceptors (Lipinski definition) is 3. The average molecular weight is 269 g/mol. The van der Waals surface area contributed by atoms with Crippen molar-refractivity contribution in [2.24, 2.45) is 0 Å². The number of aromatic nitrogens is 1. The third-order valence-electron chi connectivity index (χ3n) is 3.09. The Labute approximate surface area is 118 Å². The van der Waals surface area contributed by atoms with Crippen molar-refractivity contribution in [2.45, 2.75) is 13.0 Å². The highest BCUT2D eigenvalue weighted by Crippen LogP contribution is 2.12. The van der Waals surface area contributed by atoms with Crippen LogP contribution in [-0.2, 0) is 13.0 Å². The van der Waals surface area contributed by atoms with Crippen LogP contribution in [0.15, 0.2) is 42.6 Å². The second kappa shape index (κ2) is 6.78. The molecule has 0 bridgehead atoms. The molecular formula is C16H16FN3. The molecule has 0 aliphatic carbocycles. The standard InChI is InChI=1S/C16H16FN3/c1-20(9-7-15-4-2-3-8-19-15)12-14-10-13(11-18)5-6-16(14)17/h2-6,8,10H,7,9,12H2,1H3. The summed E-state index contributed by atoms with van der Waals surface area (Å²) in [6, 6.07) is 12.3. The summed E-state index contributed by atoms with van der Waals surface area (Å²) < 4.78 is 13.7. The smallest absolute Gasteiger partial charge is 0.127 e. The summed E-state index contributed by atoms with van der Waals surface area (Å²) in [5, 5.41) is 8.84. The maximum Gasteiger partial charge on any atom is 0.127 e. The summed E-state index contributed by atoms with van der Waals surface area (Å²) in [6.07, 6.45) is 2.59. The van der Waals surface area contributed by atoms with E-state index in [1.807, 2.05) is 36.2 Å². The van der Waals surface area contributed by atoms with Crippen molar-refractivity contribution >= 4 is 0 Å². The van der Waals surface area contributed by atoms with Gasteiger partial charge in [0.15, 0.2) is 0 Å². The van der Waals surface area contributed by atoms with Crippen LogP contribution >= 0.6 is 0 Å². The van der Waals surface area contributed by atoms with Crippen molar-refractivity contribution in [2.75, 3.05) is 13.6 Å². The number of rotatable bonds is 5. The van der Waals surface area contributed by atoms with Crippen LogP contribution in [0.3, 0.4) is 0 Å². The van der Waals surface area contributed by atoms with Gasteiger partial charge in [-0.2, -0.15) is 5.26 Å². The number of hydrogen-bond donors (Lipinski definition) is 0. The Morgan fingerprint density at radius 1 is 1.30 bits per heavy atom. The topological polar surface area (TPSA) is 39.9 Å². The highest BCUT2D eigenvalue weighted by atomic mass is 19.1. The number of nitrogens with zero attached hydrogens (tertiary/aromatic N) is 3. The highest BCUT2D eigenvalue weighted by Gasteiger charge is 2.07. The first kappa shape index (κ1) is 14.2. The number of pyridine rings is 1. The molecule has 20 heavy (non-hydrogen) atoms. The molecule has 102 valence electrons. The van der Waals surface area contributed by atoms with E-state index in [2.05, 4.69) is 4.98 Å². The molecule has 4 heteroatoms. The Morgan fingerprint density at radius 3 is 2.85 bits per heavy atom. The van der Waals surface area contributed by atoms with Crippen LogP contribution in [0.5, 0.6) is 0 Å². The van der Waals surface area contributed by atoms with Crippen molar-refractivity contribution in [3.63, 3.8) is 0 Å². The van der Waals surface area contributed by atoms with E-state index >= 15 is 0 Å². The lowest BCUT2D eigenvalue weighted by molar-refractivity contribution is 0.324. The van der Waals surface area contributed by atoms with Gasteiger partial charge in [-0.1, -0.05) is 6.07 Å². The van der Waals surface area contributed by atoms with Gasteiger partial charge in [-0.15, -0.1) is 0 Å². The molecule has 3 nitrogen and oxygen atoms in total. The van der Waals surface area contributed by atoms with Crippen molar-refractivity contribution in [3.8, 4) is 6.07 Å². The summed E-state index contributed by atoms with van der Waals surface area (Å²) in [6.45, 7) is 1.27. The second-order valence-corrected chi connectivity index (χ2v) is 4.73. The largest absolute Gasteiger partial charge is 0.302 e. The molecular weight excluding hydrogens is 253 g/mol. The quantitative estimate of drug-likeness (QED) is 0.838. The van der Waals surface area contributed by atoms with Gasteiger partial charge >= 0.3 is 0 Å². The molecule has 2 aromatic rings. The number of likely N-dealkylation sites (N-methyl/N-ethyl adjacent to an activating group) is 1. The molecule has 0 aliphatic rings. The van der Waals surface area contributed by atoms with Crippen molar-refractivity contribution < 1.29 is 4.39 Å². The normalized spacial score (nSPS) is 10.5. The van der Waals surface area contributed by atoms with Crippen LogP contribution in [0.25, 0.3) is 0 Å². The molecule has 0 radical (unpaired) electrons. The molecule has 0 saturated carbocycles. The lowest BCUT2D eigenvalue weighted by Gasteiger charge is -2.17. The van der Waals surface area contributed by atoms with Crippen LogP contribution in [-0.4, -0.2) is 23.5 Å². The van der Waals surface area contributed by atoms with E-state index in [0.29, 0.717) is 17.7 Å². The minimum atomic E-state index is -0.270. The van der Waals surface area contributed by atoms with Crippen molar-refractivity contribution in [3.05, 3.63) is 65.2 Å². The van der Waals surface area contributed by atoms with Gasteiger partial charge in [0.1, 0.15) is 5.82 Å². The molecule has 1 heterocycles. The van der Waals surface area contributed by atoms with Gasteiger partial charge in [0.2, 0.25) is 0 Å². The minimum absolute atomic E-state index is 0.270. The summed E-state index contributed by atoms with van der Waals surface area (Å²) >= 11 is 0. The Hall–Kier alpha value is -2.25. The van der Waals surface area contributed by atoms with E-state index in [1.54, 1.807) is 12.3 Å². The lowest BCUT2D eigenvalue weighted by atomic mass is 10.1. The van der Waals surface area contributed by atoms with E-state index in [4.69, 9.17) is 5.26 Å². The van der Waals surface area contributed by atoms with E-state index in [1.165, 1.54) is 12.1 Å². The number of benzene rings is 1. The van der Waals surface area contributed by atoms with Gasteiger partial charge < -0.3 is 4.90 Å². The molecule has 2 rings (SSSR count).